The highest BCUT2D eigenvalue weighted by atomic mass is 32.2. The molecule has 160 valence electrons. The smallest absolute Gasteiger partial charge is 0.226 e. The van der Waals surface area contributed by atoms with Crippen molar-refractivity contribution in [2.75, 3.05) is 11.1 Å². The maximum Gasteiger partial charge on any atom is 0.226 e. The number of nitrogens with one attached hydrogen (secondary N) is 1. The lowest BCUT2D eigenvalue weighted by atomic mass is 10.1. The minimum absolute atomic E-state index is 0.0919. The van der Waals surface area contributed by atoms with Gasteiger partial charge in [-0.05, 0) is 24.3 Å². The van der Waals surface area contributed by atoms with Crippen LogP contribution in [0.1, 0.15) is 28.1 Å². The number of thioether (sulfide) groups is 1. The molecule has 1 N–H and O–H groups in total. The van der Waals surface area contributed by atoms with Gasteiger partial charge in [0.2, 0.25) is 11.7 Å². The van der Waals surface area contributed by atoms with Gasteiger partial charge in [-0.1, -0.05) is 90.2 Å². The summed E-state index contributed by atoms with van der Waals surface area (Å²) >= 11 is 2.96. The number of hydrogen-bond donors (Lipinski definition) is 1. The van der Waals surface area contributed by atoms with E-state index in [0.29, 0.717) is 27.7 Å². The van der Waals surface area contributed by atoms with E-state index in [1.54, 1.807) is 23.9 Å². The fraction of sp³-hybridized carbons (Fsp3) is 0.115. The minimum atomic E-state index is -0.0956. The molecular weight excluding hydrogens is 436 g/mol. The fourth-order valence-corrected chi connectivity index (χ4v) is 5.00. The van der Waals surface area contributed by atoms with Crippen LogP contribution < -0.4 is 5.32 Å². The van der Waals surface area contributed by atoms with Gasteiger partial charge in [0.1, 0.15) is 4.88 Å². The van der Waals surface area contributed by atoms with E-state index in [-0.39, 0.29) is 11.7 Å². The molecule has 0 saturated heterocycles. The molecular formula is C26H22N2O2S2. The largest absolute Gasteiger partial charge is 0.302 e. The molecule has 1 amide bonds. The molecule has 0 spiro atoms. The molecule has 0 aliphatic carbocycles. The molecule has 0 bridgehead atoms. The SMILES string of the molecule is O=C(CCCSc1ccccc1)Nc1nc(-c2ccccc2)c(C(=O)c2ccccc2)s1. The number of ketones is 1. The summed E-state index contributed by atoms with van der Waals surface area (Å²) in [6.45, 7) is 0. The van der Waals surface area contributed by atoms with Crippen LogP contribution in [0.4, 0.5) is 5.13 Å². The van der Waals surface area contributed by atoms with Crippen molar-refractivity contribution in [3.63, 3.8) is 0 Å². The number of nitrogens with zero attached hydrogens (tertiary/aromatic N) is 1. The van der Waals surface area contributed by atoms with Crippen molar-refractivity contribution in [3.05, 3.63) is 101 Å². The number of anilines is 1. The fourth-order valence-electron chi connectivity index (χ4n) is 3.16. The van der Waals surface area contributed by atoms with Crippen molar-refractivity contribution in [2.24, 2.45) is 0 Å². The lowest BCUT2D eigenvalue weighted by Crippen LogP contribution is -2.11. The Balaban J connectivity index is 1.45. The molecule has 1 heterocycles. The quantitative estimate of drug-likeness (QED) is 0.175. The summed E-state index contributed by atoms with van der Waals surface area (Å²) in [6, 6.07) is 28.9. The van der Waals surface area contributed by atoms with Crippen molar-refractivity contribution >= 4 is 39.9 Å². The van der Waals surface area contributed by atoms with Crippen molar-refractivity contribution in [1.82, 2.24) is 4.98 Å². The average molecular weight is 459 g/mol. The maximum atomic E-state index is 13.1. The molecule has 0 atom stereocenters. The summed E-state index contributed by atoms with van der Waals surface area (Å²) in [5, 5.41) is 3.33. The number of hydrogen-bond acceptors (Lipinski definition) is 5. The first-order chi connectivity index (χ1) is 15.7. The number of aromatic nitrogens is 1. The molecule has 0 fully saturated rings. The minimum Gasteiger partial charge on any atom is -0.302 e. The van der Waals surface area contributed by atoms with E-state index in [4.69, 9.17) is 0 Å². The van der Waals surface area contributed by atoms with Crippen LogP contribution in [0.2, 0.25) is 0 Å². The predicted octanol–water partition coefficient (Wildman–Crippen LogP) is 6.55. The highest BCUT2D eigenvalue weighted by molar-refractivity contribution is 7.99. The molecule has 0 saturated carbocycles. The summed E-state index contributed by atoms with van der Waals surface area (Å²) in [4.78, 5) is 31.9. The van der Waals surface area contributed by atoms with Gasteiger partial charge in [0, 0.05) is 22.4 Å². The summed E-state index contributed by atoms with van der Waals surface area (Å²) in [7, 11) is 0. The lowest BCUT2D eigenvalue weighted by molar-refractivity contribution is -0.116. The van der Waals surface area contributed by atoms with E-state index in [0.717, 1.165) is 17.7 Å². The van der Waals surface area contributed by atoms with Crippen molar-refractivity contribution in [2.45, 2.75) is 17.7 Å². The van der Waals surface area contributed by atoms with Crippen LogP contribution >= 0.6 is 23.1 Å². The van der Waals surface area contributed by atoms with Gasteiger partial charge >= 0.3 is 0 Å². The van der Waals surface area contributed by atoms with Crippen LogP contribution in [0.5, 0.6) is 0 Å². The maximum absolute atomic E-state index is 13.1. The zero-order chi connectivity index (χ0) is 22.2. The molecule has 4 rings (SSSR count). The zero-order valence-corrected chi connectivity index (χ0v) is 19.0. The Morgan fingerprint density at radius 1 is 0.844 bits per heavy atom. The van der Waals surface area contributed by atoms with Crippen molar-refractivity contribution in [3.8, 4) is 11.3 Å². The predicted molar refractivity (Wildman–Crippen MR) is 132 cm³/mol. The Morgan fingerprint density at radius 2 is 1.47 bits per heavy atom. The molecule has 3 aromatic carbocycles. The second-order valence-corrected chi connectivity index (χ2v) is 9.24. The standard InChI is InChI=1S/C26H22N2O2S2/c29-22(17-10-18-31-21-15-8-3-9-16-21)27-26-28-23(19-11-4-1-5-12-19)25(32-26)24(30)20-13-6-2-7-14-20/h1-9,11-16H,10,17-18H2,(H,27,28,29). The summed E-state index contributed by atoms with van der Waals surface area (Å²) in [5.41, 5.74) is 2.05. The van der Waals surface area contributed by atoms with Gasteiger partial charge in [-0.15, -0.1) is 11.8 Å². The first-order valence-electron chi connectivity index (χ1n) is 10.3. The number of carbonyl (C=O) groups excluding carboxylic acids is 2. The van der Waals surface area contributed by atoms with Gasteiger partial charge in [-0.2, -0.15) is 0 Å². The molecule has 0 radical (unpaired) electrons. The molecule has 0 aliphatic rings. The second-order valence-electron chi connectivity index (χ2n) is 7.07. The van der Waals surface area contributed by atoms with E-state index >= 15 is 0 Å². The molecule has 0 unspecified atom stereocenters. The third kappa shape index (κ3) is 5.72. The van der Waals surface area contributed by atoms with Gasteiger partial charge in [-0.25, -0.2) is 4.98 Å². The molecule has 4 nitrogen and oxygen atoms in total. The summed E-state index contributed by atoms with van der Waals surface area (Å²) in [5.74, 6) is 0.676. The van der Waals surface area contributed by atoms with E-state index in [1.807, 2.05) is 66.7 Å². The molecule has 0 aliphatic heterocycles. The van der Waals surface area contributed by atoms with Gasteiger partial charge in [0.25, 0.3) is 0 Å². The number of thiazole rings is 1. The average Bonchev–Trinajstić information content (AvgIpc) is 3.27. The third-order valence-electron chi connectivity index (χ3n) is 4.72. The normalized spacial score (nSPS) is 10.6. The van der Waals surface area contributed by atoms with E-state index < -0.39 is 0 Å². The Hall–Kier alpha value is -3.22. The van der Waals surface area contributed by atoms with Crippen molar-refractivity contribution in [1.29, 1.82) is 0 Å². The topological polar surface area (TPSA) is 59.1 Å². The molecule has 32 heavy (non-hydrogen) atoms. The van der Waals surface area contributed by atoms with Crippen LogP contribution in [-0.4, -0.2) is 22.4 Å². The molecule has 6 heteroatoms. The van der Waals surface area contributed by atoms with Crippen LogP contribution in [0.25, 0.3) is 11.3 Å². The van der Waals surface area contributed by atoms with Crippen LogP contribution in [-0.2, 0) is 4.79 Å². The monoisotopic (exact) mass is 458 g/mol. The summed E-state index contributed by atoms with van der Waals surface area (Å²) in [6.07, 6.45) is 1.17. The number of benzene rings is 3. The molecule has 4 aromatic rings. The zero-order valence-electron chi connectivity index (χ0n) is 17.4. The number of carbonyl (C=O) groups is 2. The Labute approximate surface area is 195 Å². The van der Waals surface area contributed by atoms with E-state index in [2.05, 4.69) is 22.4 Å². The van der Waals surface area contributed by atoms with E-state index in [9.17, 15) is 9.59 Å². The molecule has 1 aromatic heterocycles. The van der Waals surface area contributed by atoms with Gasteiger partial charge < -0.3 is 5.32 Å². The Morgan fingerprint density at radius 3 is 2.16 bits per heavy atom. The highest BCUT2D eigenvalue weighted by Gasteiger charge is 2.21. The van der Waals surface area contributed by atoms with Crippen molar-refractivity contribution < 1.29 is 9.59 Å². The van der Waals surface area contributed by atoms with Crippen LogP contribution in [0.15, 0.2) is 95.9 Å². The van der Waals surface area contributed by atoms with Gasteiger partial charge in [0.15, 0.2) is 5.13 Å². The van der Waals surface area contributed by atoms with Gasteiger partial charge in [0.05, 0.1) is 5.69 Å². The van der Waals surface area contributed by atoms with Crippen LogP contribution in [0.3, 0.4) is 0 Å². The van der Waals surface area contributed by atoms with Gasteiger partial charge in [-0.3, -0.25) is 9.59 Å². The summed E-state index contributed by atoms with van der Waals surface area (Å²) < 4.78 is 0. The first-order valence-corrected chi connectivity index (χ1v) is 12.1. The Bertz CT molecular complexity index is 1180. The second kappa shape index (κ2) is 10.9. The number of amides is 1. The third-order valence-corrected chi connectivity index (χ3v) is 6.79. The highest BCUT2D eigenvalue weighted by Crippen LogP contribution is 2.33. The number of rotatable bonds is 9. The first kappa shape index (κ1) is 22.0. The Kier molecular flexibility index (Phi) is 7.48. The van der Waals surface area contributed by atoms with Crippen LogP contribution in [0, 0.1) is 0 Å². The van der Waals surface area contributed by atoms with E-state index in [1.165, 1.54) is 16.2 Å². The lowest BCUT2D eigenvalue weighted by Gasteiger charge is -2.02.